The molecule has 222 valence electrons. The minimum absolute atomic E-state index is 0.0141. The summed E-state index contributed by atoms with van der Waals surface area (Å²) < 4.78 is 16.5. The average molecular weight is 550 g/mol. The maximum atomic E-state index is 12.9. The molecule has 1 unspecified atom stereocenters. The third kappa shape index (κ3) is 10.6. The number of carbonyl (C=O) groups is 2. The molecule has 0 spiro atoms. The van der Waals surface area contributed by atoms with E-state index < -0.39 is 12.1 Å². The van der Waals surface area contributed by atoms with E-state index in [-0.39, 0.29) is 41.9 Å². The van der Waals surface area contributed by atoms with Crippen LogP contribution in [0.25, 0.3) is 0 Å². The summed E-state index contributed by atoms with van der Waals surface area (Å²) in [6, 6.07) is 5.53. The second kappa shape index (κ2) is 16.7. The quantitative estimate of drug-likeness (QED) is 0.207. The topological polar surface area (TPSA) is 132 Å². The second-order valence-corrected chi connectivity index (χ2v) is 11.5. The fraction of sp³-hybridized carbons (Fsp3) is 0.733. The monoisotopic (exact) mass is 549 g/mol. The van der Waals surface area contributed by atoms with E-state index in [4.69, 9.17) is 19.9 Å². The van der Waals surface area contributed by atoms with E-state index in [1.807, 2.05) is 32.0 Å². The highest BCUT2D eigenvalue weighted by molar-refractivity contribution is 5.83. The normalized spacial score (nSPS) is 18.5. The molecule has 1 aromatic rings. The Morgan fingerprint density at radius 2 is 1.87 bits per heavy atom. The lowest BCUT2D eigenvalue weighted by Gasteiger charge is -2.30. The van der Waals surface area contributed by atoms with Gasteiger partial charge in [-0.05, 0) is 61.1 Å². The van der Waals surface area contributed by atoms with Crippen LogP contribution in [-0.4, -0.2) is 69.6 Å². The number of nitrogens with two attached hydrogens (primary N) is 1. The summed E-state index contributed by atoms with van der Waals surface area (Å²) in [5.74, 6) is 1.30. The molecule has 0 saturated carbocycles. The molecular formula is C30H51N3O6. The van der Waals surface area contributed by atoms with Crippen LogP contribution in [0.5, 0.6) is 11.5 Å². The van der Waals surface area contributed by atoms with Gasteiger partial charge in [-0.1, -0.05) is 33.8 Å². The molecule has 0 radical (unpaired) electrons. The van der Waals surface area contributed by atoms with Crippen LogP contribution < -0.4 is 25.8 Å². The fourth-order valence-corrected chi connectivity index (χ4v) is 5.06. The highest BCUT2D eigenvalue weighted by atomic mass is 16.5. The Morgan fingerprint density at radius 1 is 1.13 bits per heavy atom. The van der Waals surface area contributed by atoms with E-state index in [0.29, 0.717) is 50.1 Å². The van der Waals surface area contributed by atoms with Crippen LogP contribution in [0.15, 0.2) is 18.2 Å². The van der Waals surface area contributed by atoms with Crippen molar-refractivity contribution >= 4 is 11.8 Å². The van der Waals surface area contributed by atoms with Crippen LogP contribution >= 0.6 is 0 Å². The lowest BCUT2D eigenvalue weighted by atomic mass is 9.80. The van der Waals surface area contributed by atoms with Gasteiger partial charge in [0.25, 0.3) is 0 Å². The summed E-state index contributed by atoms with van der Waals surface area (Å²) in [5.41, 5.74) is 7.65. The van der Waals surface area contributed by atoms with Gasteiger partial charge in [-0.2, -0.15) is 0 Å². The van der Waals surface area contributed by atoms with E-state index in [1.54, 1.807) is 14.2 Å². The number of amides is 2. The Labute approximate surface area is 234 Å². The molecule has 0 aliphatic carbocycles. The Morgan fingerprint density at radius 3 is 2.46 bits per heavy atom. The van der Waals surface area contributed by atoms with Crippen molar-refractivity contribution in [2.75, 3.05) is 40.5 Å². The predicted octanol–water partition coefficient (Wildman–Crippen LogP) is 2.92. The van der Waals surface area contributed by atoms with E-state index >= 15 is 0 Å². The Balaban J connectivity index is 1.98. The first-order valence-electron chi connectivity index (χ1n) is 14.3. The van der Waals surface area contributed by atoms with Crippen molar-refractivity contribution in [3.63, 3.8) is 0 Å². The zero-order valence-electron chi connectivity index (χ0n) is 24.7. The number of carbonyl (C=O) groups excluding carboxylic acids is 2. The number of aliphatic hydroxyl groups excluding tert-OH is 1. The van der Waals surface area contributed by atoms with Gasteiger partial charge >= 0.3 is 0 Å². The maximum Gasteiger partial charge on any atom is 0.224 e. The minimum atomic E-state index is -0.810. The van der Waals surface area contributed by atoms with E-state index in [2.05, 4.69) is 24.5 Å². The summed E-state index contributed by atoms with van der Waals surface area (Å²) in [7, 11) is 3.30. The number of nitrogens with one attached hydrogen (secondary N) is 2. The molecule has 39 heavy (non-hydrogen) atoms. The van der Waals surface area contributed by atoms with Gasteiger partial charge in [0, 0.05) is 45.2 Å². The van der Waals surface area contributed by atoms with Gasteiger partial charge in [0.1, 0.15) is 0 Å². The Hall–Kier alpha value is -2.36. The number of aliphatic hydroxyl groups is 1. The standard InChI is InChI=1S/C30H51N3O6/c1-19(2)23(14-21-8-9-27(38-6)28(15-21)39-13-7-12-37-5)16-25(31)26(34)17-24(20(3)4)30(36)33-18-22-10-11-32-29(22)35/h8-9,15,19-20,22-26,34H,7,10-14,16-18,31H2,1-6H3,(H,32,35)(H,33,36)/t22?,23-,24+,25-,26-/m0/s1. The highest BCUT2D eigenvalue weighted by Gasteiger charge is 2.31. The van der Waals surface area contributed by atoms with Crippen LogP contribution in [0.3, 0.4) is 0 Å². The molecule has 1 saturated heterocycles. The van der Waals surface area contributed by atoms with E-state index in [9.17, 15) is 14.7 Å². The summed E-state index contributed by atoms with van der Waals surface area (Å²) >= 11 is 0. The molecule has 1 heterocycles. The SMILES string of the molecule is COCCCOc1cc(C[C@@H](C[C@H](N)[C@@H](O)C[C@@H](C(=O)NCC2CCNC2=O)C(C)C)C(C)C)ccc1OC. The molecule has 0 bridgehead atoms. The Bertz CT molecular complexity index is 893. The largest absolute Gasteiger partial charge is 0.493 e. The van der Waals surface area contributed by atoms with Crippen molar-refractivity contribution in [3.8, 4) is 11.5 Å². The maximum absolute atomic E-state index is 12.9. The zero-order chi connectivity index (χ0) is 28.9. The van der Waals surface area contributed by atoms with E-state index in [0.717, 1.165) is 24.8 Å². The molecule has 1 aliphatic heterocycles. The van der Waals surface area contributed by atoms with Crippen molar-refractivity contribution in [1.29, 1.82) is 0 Å². The Kier molecular flexibility index (Phi) is 14.0. The van der Waals surface area contributed by atoms with Crippen molar-refractivity contribution in [3.05, 3.63) is 23.8 Å². The zero-order valence-corrected chi connectivity index (χ0v) is 24.7. The van der Waals surface area contributed by atoms with Crippen molar-refractivity contribution in [1.82, 2.24) is 10.6 Å². The molecule has 2 rings (SSSR count). The van der Waals surface area contributed by atoms with Crippen molar-refractivity contribution < 1.29 is 28.9 Å². The average Bonchev–Trinajstić information content (AvgIpc) is 3.31. The van der Waals surface area contributed by atoms with Gasteiger partial charge in [-0.25, -0.2) is 0 Å². The van der Waals surface area contributed by atoms with Gasteiger partial charge in [-0.3, -0.25) is 9.59 Å². The molecular weight excluding hydrogens is 498 g/mol. The fourth-order valence-electron chi connectivity index (χ4n) is 5.06. The highest BCUT2D eigenvalue weighted by Crippen LogP contribution is 2.31. The number of rotatable bonds is 18. The van der Waals surface area contributed by atoms with Crippen molar-refractivity contribution in [2.24, 2.45) is 35.3 Å². The molecule has 1 aliphatic rings. The molecule has 9 heteroatoms. The summed E-state index contributed by atoms with van der Waals surface area (Å²) in [6.07, 6.45) is 2.41. The first-order valence-corrected chi connectivity index (χ1v) is 14.3. The molecule has 9 nitrogen and oxygen atoms in total. The lowest BCUT2D eigenvalue weighted by Crippen LogP contribution is -2.43. The third-order valence-electron chi connectivity index (χ3n) is 7.81. The molecule has 5 N–H and O–H groups in total. The number of hydrogen-bond donors (Lipinski definition) is 4. The summed E-state index contributed by atoms with van der Waals surface area (Å²) in [5, 5.41) is 16.8. The van der Waals surface area contributed by atoms with Gasteiger partial charge in [0.15, 0.2) is 11.5 Å². The number of benzene rings is 1. The third-order valence-corrected chi connectivity index (χ3v) is 7.81. The predicted molar refractivity (Wildman–Crippen MR) is 153 cm³/mol. The molecule has 1 aromatic carbocycles. The first kappa shape index (κ1) is 32.8. The van der Waals surface area contributed by atoms with Crippen LogP contribution in [0, 0.1) is 29.6 Å². The van der Waals surface area contributed by atoms with Crippen LogP contribution in [0.4, 0.5) is 0 Å². The van der Waals surface area contributed by atoms with Gasteiger partial charge in [0.05, 0.1) is 25.7 Å². The second-order valence-electron chi connectivity index (χ2n) is 11.5. The number of hydrogen-bond acceptors (Lipinski definition) is 7. The molecule has 0 aromatic heterocycles. The number of methoxy groups -OCH3 is 2. The van der Waals surface area contributed by atoms with Crippen LogP contribution in [0.2, 0.25) is 0 Å². The van der Waals surface area contributed by atoms with E-state index in [1.165, 1.54) is 0 Å². The molecule has 1 fully saturated rings. The van der Waals surface area contributed by atoms with Crippen LogP contribution in [-0.2, 0) is 20.7 Å². The van der Waals surface area contributed by atoms with Gasteiger partial charge in [0.2, 0.25) is 11.8 Å². The number of ether oxygens (including phenoxy) is 3. The van der Waals surface area contributed by atoms with Gasteiger partial charge < -0.3 is 35.7 Å². The van der Waals surface area contributed by atoms with Crippen LogP contribution in [0.1, 0.15) is 58.9 Å². The lowest BCUT2D eigenvalue weighted by molar-refractivity contribution is -0.128. The minimum Gasteiger partial charge on any atom is -0.493 e. The first-order chi connectivity index (χ1) is 18.6. The van der Waals surface area contributed by atoms with Gasteiger partial charge in [-0.15, -0.1) is 0 Å². The molecule has 2 amide bonds. The summed E-state index contributed by atoms with van der Waals surface area (Å²) in [6.45, 7) is 10.4. The smallest absolute Gasteiger partial charge is 0.224 e. The molecule has 5 atom stereocenters. The summed E-state index contributed by atoms with van der Waals surface area (Å²) in [4.78, 5) is 24.8. The van der Waals surface area contributed by atoms with Crippen molar-refractivity contribution in [2.45, 2.75) is 71.9 Å².